The maximum Gasteiger partial charge on any atom is 0.195 e. The molecule has 4 nitrogen and oxygen atoms in total. The molecule has 1 aliphatic carbocycles. The highest BCUT2D eigenvalue weighted by molar-refractivity contribution is 6.29. The molecule has 112 valence electrons. The number of rotatable bonds is 2. The Labute approximate surface area is 128 Å². The first kappa shape index (κ1) is 14.3. The van der Waals surface area contributed by atoms with Crippen molar-refractivity contribution in [3.63, 3.8) is 0 Å². The van der Waals surface area contributed by atoms with Crippen LogP contribution in [0.1, 0.15) is 43.0 Å². The van der Waals surface area contributed by atoms with Gasteiger partial charge in [-0.3, -0.25) is 9.59 Å². The monoisotopic (exact) mass is 296 g/mol. The Hall–Kier alpha value is -2.62. The third-order valence-corrected chi connectivity index (χ3v) is 4.13. The molecule has 2 aromatic carbocycles. The highest BCUT2D eigenvalue weighted by Crippen LogP contribution is 2.35. The maximum atomic E-state index is 12.9. The zero-order valence-corrected chi connectivity index (χ0v) is 12.9. The topological polar surface area (TPSA) is 52.6 Å². The summed E-state index contributed by atoms with van der Waals surface area (Å²) in [6.07, 6.45) is 0. The van der Waals surface area contributed by atoms with Gasteiger partial charge in [-0.2, -0.15) is 0 Å². The third-order valence-electron chi connectivity index (χ3n) is 4.13. The van der Waals surface area contributed by atoms with Gasteiger partial charge < -0.3 is 9.47 Å². The van der Waals surface area contributed by atoms with Crippen LogP contribution in [-0.4, -0.2) is 25.8 Å². The fraction of sp³-hybridized carbons (Fsp3) is 0.222. The summed E-state index contributed by atoms with van der Waals surface area (Å²) in [7, 11) is 3.09. The highest BCUT2D eigenvalue weighted by Gasteiger charge is 2.32. The average molecular weight is 296 g/mol. The Balaban J connectivity index is 2.30. The van der Waals surface area contributed by atoms with Crippen LogP contribution < -0.4 is 9.47 Å². The predicted octanol–water partition coefficient (Wildman–Crippen LogP) is 3.10. The molecular formula is C18H16O4. The Bertz CT molecular complexity index is 814. The molecular weight excluding hydrogens is 280 g/mol. The number of hydrogen-bond donors (Lipinski definition) is 0. The molecule has 0 bridgehead atoms. The van der Waals surface area contributed by atoms with Crippen molar-refractivity contribution in [1.29, 1.82) is 0 Å². The number of aryl methyl sites for hydroxylation is 1. The van der Waals surface area contributed by atoms with Gasteiger partial charge in [0.15, 0.2) is 11.6 Å². The van der Waals surface area contributed by atoms with Crippen LogP contribution in [0.5, 0.6) is 11.5 Å². The molecule has 0 saturated carbocycles. The number of methoxy groups -OCH3 is 2. The Morgan fingerprint density at radius 2 is 1.41 bits per heavy atom. The van der Waals surface area contributed by atoms with Gasteiger partial charge in [-0.1, -0.05) is 0 Å². The van der Waals surface area contributed by atoms with E-state index < -0.39 is 0 Å². The molecule has 22 heavy (non-hydrogen) atoms. The number of fused-ring (bicyclic) bond motifs is 2. The van der Waals surface area contributed by atoms with E-state index in [-0.39, 0.29) is 11.6 Å². The Morgan fingerprint density at radius 3 is 2.05 bits per heavy atom. The third kappa shape index (κ3) is 1.84. The van der Waals surface area contributed by atoms with Crippen molar-refractivity contribution in [2.45, 2.75) is 13.8 Å². The van der Waals surface area contributed by atoms with E-state index in [0.717, 1.165) is 5.56 Å². The van der Waals surface area contributed by atoms with Crippen molar-refractivity contribution in [3.8, 4) is 11.5 Å². The minimum Gasteiger partial charge on any atom is -0.496 e. The molecule has 0 aromatic heterocycles. The van der Waals surface area contributed by atoms with Gasteiger partial charge in [-0.15, -0.1) is 0 Å². The minimum atomic E-state index is -0.167. The molecule has 0 heterocycles. The van der Waals surface area contributed by atoms with Gasteiger partial charge in [-0.05, 0) is 43.7 Å². The standard InChI is InChI=1S/C18H16O4/c1-9-7-12-13(8-15(9)22-4)18(20)16-10(2)14(21-3)6-5-11(16)17(12)19/h5-8H,1-4H3. The molecule has 0 amide bonds. The smallest absolute Gasteiger partial charge is 0.195 e. The van der Waals surface area contributed by atoms with Crippen LogP contribution in [0.2, 0.25) is 0 Å². The summed E-state index contributed by atoms with van der Waals surface area (Å²) in [6, 6.07) is 6.74. The average Bonchev–Trinajstić information content (AvgIpc) is 2.52. The highest BCUT2D eigenvalue weighted by atomic mass is 16.5. The van der Waals surface area contributed by atoms with Gasteiger partial charge >= 0.3 is 0 Å². The van der Waals surface area contributed by atoms with Crippen LogP contribution in [0.15, 0.2) is 24.3 Å². The summed E-state index contributed by atoms with van der Waals surface area (Å²) < 4.78 is 10.5. The first-order valence-corrected chi connectivity index (χ1v) is 6.95. The molecule has 0 aliphatic heterocycles. The summed E-state index contributed by atoms with van der Waals surface area (Å²) in [6.45, 7) is 3.64. The lowest BCUT2D eigenvalue weighted by molar-refractivity contribution is 0.0978. The second kappa shape index (κ2) is 4.98. The van der Waals surface area contributed by atoms with Gasteiger partial charge in [0.1, 0.15) is 11.5 Å². The summed E-state index contributed by atoms with van der Waals surface area (Å²) in [5.41, 5.74) is 3.18. The van der Waals surface area contributed by atoms with Crippen molar-refractivity contribution >= 4 is 11.6 Å². The van der Waals surface area contributed by atoms with Crippen molar-refractivity contribution < 1.29 is 19.1 Å². The molecule has 0 N–H and O–H groups in total. The SMILES string of the molecule is COc1cc2c(cc1C)C(=O)c1ccc(OC)c(C)c1C2=O. The van der Waals surface area contributed by atoms with E-state index in [4.69, 9.17) is 9.47 Å². The first-order valence-electron chi connectivity index (χ1n) is 6.95. The van der Waals surface area contributed by atoms with E-state index in [1.807, 2.05) is 6.92 Å². The largest absolute Gasteiger partial charge is 0.496 e. The lowest BCUT2D eigenvalue weighted by atomic mass is 9.81. The van der Waals surface area contributed by atoms with Gasteiger partial charge in [0, 0.05) is 27.8 Å². The fourth-order valence-corrected chi connectivity index (χ4v) is 2.96. The fourth-order valence-electron chi connectivity index (χ4n) is 2.96. The van der Waals surface area contributed by atoms with Gasteiger partial charge in [0.05, 0.1) is 14.2 Å². The van der Waals surface area contributed by atoms with Gasteiger partial charge in [-0.25, -0.2) is 0 Å². The zero-order chi connectivity index (χ0) is 16.0. The number of carbonyl (C=O) groups is 2. The van der Waals surface area contributed by atoms with Crippen LogP contribution >= 0.6 is 0 Å². The lowest BCUT2D eigenvalue weighted by Crippen LogP contribution is -2.22. The van der Waals surface area contributed by atoms with E-state index in [1.54, 1.807) is 45.4 Å². The molecule has 0 saturated heterocycles. The number of hydrogen-bond acceptors (Lipinski definition) is 4. The zero-order valence-electron chi connectivity index (χ0n) is 12.9. The van der Waals surface area contributed by atoms with Crippen molar-refractivity contribution in [1.82, 2.24) is 0 Å². The van der Waals surface area contributed by atoms with E-state index in [0.29, 0.717) is 39.3 Å². The molecule has 0 radical (unpaired) electrons. The van der Waals surface area contributed by atoms with Crippen LogP contribution in [0.25, 0.3) is 0 Å². The van der Waals surface area contributed by atoms with Crippen LogP contribution in [0, 0.1) is 13.8 Å². The normalized spacial score (nSPS) is 12.7. The van der Waals surface area contributed by atoms with Crippen molar-refractivity contribution in [2.24, 2.45) is 0 Å². The molecule has 0 fully saturated rings. The molecule has 4 heteroatoms. The van der Waals surface area contributed by atoms with E-state index in [9.17, 15) is 9.59 Å². The molecule has 0 unspecified atom stereocenters. The predicted molar refractivity (Wildman–Crippen MR) is 82.3 cm³/mol. The van der Waals surface area contributed by atoms with E-state index >= 15 is 0 Å². The van der Waals surface area contributed by atoms with Crippen molar-refractivity contribution in [3.05, 3.63) is 57.6 Å². The van der Waals surface area contributed by atoms with Crippen LogP contribution in [-0.2, 0) is 0 Å². The minimum absolute atomic E-state index is 0.138. The van der Waals surface area contributed by atoms with Crippen molar-refractivity contribution in [2.75, 3.05) is 14.2 Å². The second-order valence-corrected chi connectivity index (χ2v) is 5.34. The summed E-state index contributed by atoms with van der Waals surface area (Å²) in [5, 5.41) is 0. The first-order chi connectivity index (χ1) is 10.5. The molecule has 3 rings (SSSR count). The molecule has 0 spiro atoms. The van der Waals surface area contributed by atoms with Gasteiger partial charge in [0.2, 0.25) is 0 Å². The number of ether oxygens (including phenoxy) is 2. The van der Waals surface area contributed by atoms with E-state index in [1.165, 1.54) is 0 Å². The Kier molecular flexibility index (Phi) is 3.24. The van der Waals surface area contributed by atoms with Crippen LogP contribution in [0.4, 0.5) is 0 Å². The molecule has 2 aromatic rings. The quantitative estimate of drug-likeness (QED) is 0.729. The van der Waals surface area contributed by atoms with Gasteiger partial charge in [0.25, 0.3) is 0 Å². The number of carbonyl (C=O) groups excluding carboxylic acids is 2. The maximum absolute atomic E-state index is 12.9. The number of ketones is 2. The number of benzene rings is 2. The second-order valence-electron chi connectivity index (χ2n) is 5.34. The summed E-state index contributed by atoms with van der Waals surface area (Å²) >= 11 is 0. The summed E-state index contributed by atoms with van der Waals surface area (Å²) in [5.74, 6) is 0.895. The van der Waals surface area contributed by atoms with Crippen LogP contribution in [0.3, 0.4) is 0 Å². The lowest BCUT2D eigenvalue weighted by Gasteiger charge is -2.21. The summed E-state index contributed by atoms with van der Waals surface area (Å²) in [4.78, 5) is 25.6. The van der Waals surface area contributed by atoms with E-state index in [2.05, 4.69) is 0 Å². The molecule has 0 atom stereocenters. The molecule has 1 aliphatic rings. The Morgan fingerprint density at radius 1 is 0.773 bits per heavy atom.